The highest BCUT2D eigenvalue weighted by molar-refractivity contribution is 9.10. The number of unbranched alkanes of at least 4 members (excludes halogenated alkanes) is 1. The molecule has 7 nitrogen and oxygen atoms in total. The average molecular weight is 462 g/mol. The first kappa shape index (κ1) is 22.5. The first-order valence-electron chi connectivity index (χ1n) is 9.42. The quantitative estimate of drug-likeness (QED) is 0.415. The second-order valence-electron chi connectivity index (χ2n) is 6.32. The number of halogens is 1. The molecule has 0 radical (unpaired) electrons. The number of ether oxygens (including phenoxy) is 1. The van der Waals surface area contributed by atoms with Crippen molar-refractivity contribution in [1.82, 2.24) is 10.3 Å². The van der Waals surface area contributed by atoms with Crippen LogP contribution in [-0.2, 0) is 14.3 Å². The summed E-state index contributed by atoms with van der Waals surface area (Å²) in [6, 6.07) is 9.75. The molecular weight excluding hydrogens is 438 g/mol. The van der Waals surface area contributed by atoms with Gasteiger partial charge in [0.1, 0.15) is 6.04 Å². The van der Waals surface area contributed by atoms with Crippen molar-refractivity contribution in [2.24, 2.45) is 0 Å². The van der Waals surface area contributed by atoms with Gasteiger partial charge in [-0.05, 0) is 50.1 Å². The number of nitrogens with one attached hydrogen (secondary N) is 2. The van der Waals surface area contributed by atoms with Gasteiger partial charge in [0.2, 0.25) is 5.91 Å². The Bertz CT molecular complexity index is 830. The number of rotatable bonds is 10. The van der Waals surface area contributed by atoms with E-state index in [9.17, 15) is 14.4 Å². The Morgan fingerprint density at radius 2 is 2.00 bits per heavy atom. The van der Waals surface area contributed by atoms with Crippen molar-refractivity contribution in [3.05, 3.63) is 58.8 Å². The summed E-state index contributed by atoms with van der Waals surface area (Å²) in [6.07, 6.45) is 4.85. The molecule has 1 atom stereocenters. The van der Waals surface area contributed by atoms with Crippen LogP contribution in [0.4, 0.5) is 5.69 Å². The molecule has 2 amide bonds. The molecule has 2 N–H and O–H groups in total. The molecule has 154 valence electrons. The Morgan fingerprint density at radius 1 is 1.17 bits per heavy atom. The number of nitrogens with zero attached hydrogens (tertiary/aromatic N) is 1. The summed E-state index contributed by atoms with van der Waals surface area (Å²) in [6.45, 7) is 2.10. The predicted octanol–water partition coefficient (Wildman–Crippen LogP) is 3.70. The molecule has 0 aliphatic heterocycles. The molecule has 0 saturated carbocycles. The molecule has 0 saturated heterocycles. The van der Waals surface area contributed by atoms with Gasteiger partial charge in [-0.25, -0.2) is 0 Å². The molecule has 0 fully saturated rings. The zero-order valence-electron chi connectivity index (χ0n) is 16.2. The maximum absolute atomic E-state index is 12.8. The summed E-state index contributed by atoms with van der Waals surface area (Å²) in [5, 5.41) is 5.58. The van der Waals surface area contributed by atoms with Crippen LogP contribution in [0.15, 0.2) is 53.3 Å². The largest absolute Gasteiger partial charge is 0.466 e. The van der Waals surface area contributed by atoms with E-state index in [0.717, 1.165) is 4.47 Å². The molecule has 0 spiro atoms. The van der Waals surface area contributed by atoms with Gasteiger partial charge in [0.05, 0.1) is 12.2 Å². The number of carbonyl (C=O) groups excluding carboxylic acids is 3. The number of pyridine rings is 1. The number of hydrogen-bond donors (Lipinski definition) is 2. The van der Waals surface area contributed by atoms with Crippen molar-refractivity contribution >= 4 is 39.4 Å². The van der Waals surface area contributed by atoms with Crippen LogP contribution in [0, 0.1) is 0 Å². The summed E-state index contributed by atoms with van der Waals surface area (Å²) in [7, 11) is 0. The molecule has 0 aliphatic rings. The van der Waals surface area contributed by atoms with Gasteiger partial charge in [0.15, 0.2) is 0 Å². The SMILES string of the molecule is CCOC(=O)CCCCC(NC(=O)c1cccnc1)C(=O)Nc1cccc(Br)c1. The predicted molar refractivity (Wildman–Crippen MR) is 113 cm³/mol. The van der Waals surface area contributed by atoms with Gasteiger partial charge < -0.3 is 15.4 Å². The van der Waals surface area contributed by atoms with Crippen LogP contribution >= 0.6 is 15.9 Å². The smallest absolute Gasteiger partial charge is 0.305 e. The molecule has 0 bridgehead atoms. The molecule has 2 aromatic rings. The van der Waals surface area contributed by atoms with Crippen LogP contribution < -0.4 is 10.6 Å². The number of amides is 2. The van der Waals surface area contributed by atoms with Crippen LogP contribution in [0.1, 0.15) is 43.0 Å². The zero-order chi connectivity index (χ0) is 21.1. The molecule has 0 aliphatic carbocycles. The van der Waals surface area contributed by atoms with Gasteiger partial charge in [0.25, 0.3) is 5.91 Å². The van der Waals surface area contributed by atoms with Gasteiger partial charge in [-0.2, -0.15) is 0 Å². The lowest BCUT2D eigenvalue weighted by Crippen LogP contribution is -2.43. The third-order valence-corrected chi connectivity index (χ3v) is 4.56. The van der Waals surface area contributed by atoms with E-state index in [1.807, 2.05) is 12.1 Å². The van der Waals surface area contributed by atoms with E-state index < -0.39 is 6.04 Å². The third-order valence-electron chi connectivity index (χ3n) is 4.07. The normalized spacial score (nSPS) is 11.4. The van der Waals surface area contributed by atoms with Gasteiger partial charge in [0, 0.05) is 29.0 Å². The molecule has 8 heteroatoms. The van der Waals surface area contributed by atoms with E-state index in [4.69, 9.17) is 4.74 Å². The Balaban J connectivity index is 2.00. The topological polar surface area (TPSA) is 97.4 Å². The Labute approximate surface area is 178 Å². The second kappa shape index (κ2) is 12.0. The van der Waals surface area contributed by atoms with E-state index in [1.165, 1.54) is 6.20 Å². The van der Waals surface area contributed by atoms with Crippen LogP contribution in [-0.4, -0.2) is 35.4 Å². The Kier molecular flexibility index (Phi) is 9.30. The van der Waals surface area contributed by atoms with Crippen molar-refractivity contribution < 1.29 is 19.1 Å². The zero-order valence-corrected chi connectivity index (χ0v) is 17.8. The van der Waals surface area contributed by atoms with E-state index in [1.54, 1.807) is 37.4 Å². The van der Waals surface area contributed by atoms with Gasteiger partial charge in [-0.3, -0.25) is 19.4 Å². The molecule has 2 rings (SSSR count). The van der Waals surface area contributed by atoms with Gasteiger partial charge >= 0.3 is 5.97 Å². The maximum Gasteiger partial charge on any atom is 0.305 e. The minimum absolute atomic E-state index is 0.262. The van der Waals surface area contributed by atoms with E-state index >= 15 is 0 Å². The van der Waals surface area contributed by atoms with Crippen molar-refractivity contribution in [3.63, 3.8) is 0 Å². The summed E-state index contributed by atoms with van der Waals surface area (Å²) < 4.78 is 5.74. The highest BCUT2D eigenvalue weighted by atomic mass is 79.9. The lowest BCUT2D eigenvalue weighted by atomic mass is 10.1. The lowest BCUT2D eigenvalue weighted by Gasteiger charge is -2.18. The monoisotopic (exact) mass is 461 g/mol. The molecule has 1 unspecified atom stereocenters. The fourth-order valence-corrected chi connectivity index (χ4v) is 3.05. The first-order chi connectivity index (χ1) is 14.0. The van der Waals surface area contributed by atoms with Crippen LogP contribution in [0.25, 0.3) is 0 Å². The molecule has 1 heterocycles. The van der Waals surface area contributed by atoms with Crippen LogP contribution in [0.3, 0.4) is 0 Å². The average Bonchev–Trinajstić information content (AvgIpc) is 2.71. The van der Waals surface area contributed by atoms with Crippen LogP contribution in [0.5, 0.6) is 0 Å². The van der Waals surface area contributed by atoms with Crippen molar-refractivity contribution in [1.29, 1.82) is 0 Å². The lowest BCUT2D eigenvalue weighted by molar-refractivity contribution is -0.143. The minimum Gasteiger partial charge on any atom is -0.466 e. The van der Waals surface area contributed by atoms with Crippen molar-refractivity contribution in [3.8, 4) is 0 Å². The van der Waals surface area contributed by atoms with Crippen molar-refractivity contribution in [2.45, 2.75) is 38.6 Å². The summed E-state index contributed by atoms with van der Waals surface area (Å²) in [5.74, 6) is -0.962. The van der Waals surface area contributed by atoms with E-state index in [2.05, 4.69) is 31.5 Å². The molecule has 1 aromatic heterocycles. The molecule has 1 aromatic carbocycles. The fourth-order valence-electron chi connectivity index (χ4n) is 2.65. The number of hydrogen-bond acceptors (Lipinski definition) is 5. The summed E-state index contributed by atoms with van der Waals surface area (Å²) in [4.78, 5) is 40.7. The number of anilines is 1. The number of benzene rings is 1. The Hall–Kier alpha value is -2.74. The summed E-state index contributed by atoms with van der Waals surface area (Å²) >= 11 is 3.37. The number of aromatic nitrogens is 1. The minimum atomic E-state index is -0.746. The van der Waals surface area contributed by atoms with E-state index in [-0.39, 0.29) is 24.2 Å². The second-order valence-corrected chi connectivity index (χ2v) is 7.23. The Morgan fingerprint density at radius 3 is 2.69 bits per heavy atom. The number of carbonyl (C=O) groups is 3. The van der Waals surface area contributed by atoms with E-state index in [0.29, 0.717) is 37.1 Å². The van der Waals surface area contributed by atoms with Gasteiger partial charge in [-0.1, -0.05) is 28.4 Å². The molecule has 29 heavy (non-hydrogen) atoms. The molecular formula is C21H24BrN3O4. The highest BCUT2D eigenvalue weighted by Crippen LogP contribution is 2.16. The van der Waals surface area contributed by atoms with Gasteiger partial charge in [-0.15, -0.1) is 0 Å². The highest BCUT2D eigenvalue weighted by Gasteiger charge is 2.21. The van der Waals surface area contributed by atoms with Crippen molar-refractivity contribution in [2.75, 3.05) is 11.9 Å². The third kappa shape index (κ3) is 8.03. The maximum atomic E-state index is 12.8. The number of esters is 1. The van der Waals surface area contributed by atoms with Crippen LogP contribution in [0.2, 0.25) is 0 Å². The fraction of sp³-hybridized carbons (Fsp3) is 0.333. The first-order valence-corrected chi connectivity index (χ1v) is 10.2. The summed E-state index contributed by atoms with van der Waals surface area (Å²) in [5.41, 5.74) is 0.996. The standard InChI is InChI=1S/C21H24BrN3O4/c1-2-29-19(26)11-4-3-10-18(25-20(27)15-7-6-12-23-14-15)21(28)24-17-9-5-8-16(22)13-17/h5-9,12-14,18H,2-4,10-11H2,1H3,(H,24,28)(H,25,27).